The van der Waals surface area contributed by atoms with Crippen LogP contribution in [0.25, 0.3) is 22.5 Å². The summed E-state index contributed by atoms with van der Waals surface area (Å²) in [5, 5.41) is 14.1. The van der Waals surface area contributed by atoms with Crippen molar-refractivity contribution in [1.29, 1.82) is 0 Å². The number of ether oxygens (including phenoxy) is 1. The van der Waals surface area contributed by atoms with Crippen molar-refractivity contribution in [1.82, 2.24) is 44.8 Å². The van der Waals surface area contributed by atoms with Gasteiger partial charge in [0, 0.05) is 63.1 Å². The zero-order chi connectivity index (χ0) is 54.5. The second-order valence-corrected chi connectivity index (χ2v) is 23.5. The molecule has 0 bridgehead atoms. The summed E-state index contributed by atoms with van der Waals surface area (Å²) < 4.78 is 66.1. The number of alkyl carbamates (subject to hydrolysis) is 1. The number of fused-ring (bicyclic) bond motifs is 2. The number of aryl methyl sites for hydroxylation is 4. The molecule has 2 aliphatic heterocycles. The van der Waals surface area contributed by atoms with E-state index in [1.165, 1.54) is 14.8 Å². The van der Waals surface area contributed by atoms with E-state index in [1.807, 2.05) is 76.6 Å². The van der Waals surface area contributed by atoms with Crippen molar-refractivity contribution in [2.24, 2.45) is 14.1 Å². The predicted molar refractivity (Wildman–Crippen MR) is 295 cm³/mol. The van der Waals surface area contributed by atoms with Gasteiger partial charge in [-0.05, 0) is 125 Å². The summed E-state index contributed by atoms with van der Waals surface area (Å²) in [6.07, 6.45) is 10.7. The van der Waals surface area contributed by atoms with E-state index in [2.05, 4.69) is 47.7 Å². The third-order valence-electron chi connectivity index (χ3n) is 12.4. The Morgan fingerprint density at radius 3 is 1.74 bits per heavy atom. The van der Waals surface area contributed by atoms with Crippen molar-refractivity contribution in [3.05, 3.63) is 162 Å². The fraction of sp³-hybridized carbons (Fsp3) is 0.278. The minimum atomic E-state index is -3.85. The molecule has 4 aromatic carbocycles. The molecule has 0 spiro atoms. The van der Waals surface area contributed by atoms with E-state index in [0.29, 0.717) is 63.4 Å². The lowest BCUT2D eigenvalue weighted by Crippen LogP contribution is -2.42. The van der Waals surface area contributed by atoms with Gasteiger partial charge in [0.05, 0.1) is 62.4 Å². The number of nitrogens with one attached hydrogen (secondary N) is 2. The Labute approximate surface area is 448 Å². The molecule has 10 rings (SSSR count). The van der Waals surface area contributed by atoms with Crippen LogP contribution in [-0.2, 0) is 38.9 Å². The maximum atomic E-state index is 13.6. The number of nitrogens with two attached hydrogens (primary N) is 1. The number of hydrogen-bond acceptors (Lipinski definition) is 14. The molecule has 2 aliphatic rings. The molecule has 76 heavy (non-hydrogen) atoms. The van der Waals surface area contributed by atoms with Crippen LogP contribution >= 0.6 is 11.6 Å². The molecule has 2 atom stereocenters. The van der Waals surface area contributed by atoms with Gasteiger partial charge in [-0.3, -0.25) is 18.0 Å². The maximum absolute atomic E-state index is 13.6. The van der Waals surface area contributed by atoms with Crippen molar-refractivity contribution >= 4 is 66.4 Å². The van der Waals surface area contributed by atoms with Crippen LogP contribution < -0.4 is 25.0 Å². The molecule has 396 valence electrons. The number of rotatable bonds is 9. The molecule has 6 heterocycles. The number of carbonyl (C=O) groups is 1. The number of hydrogen-bond donors (Lipinski definition) is 3. The third kappa shape index (κ3) is 13.0. The Hall–Kier alpha value is -7.88. The first-order chi connectivity index (χ1) is 36.0. The SMILES string of the molecule is Cc1ccc(S(=O)(=O)N2CCC(C)c3ccc(-c4ccnc(Nc5cnn(C)c5)n4)cc32)cc1.Cc1ccc(S(=O)(=O)N2CCC(NC(=O)OC(C)(C)C)c3ccc(-c4ccnc(Cl)n4)cc32)cc1.Cn1cc(N)cn1. The first-order valence-electron chi connectivity index (χ1n) is 24.3. The fourth-order valence-electron chi connectivity index (χ4n) is 8.56. The standard InChI is InChI=1S/C25H27ClN4O4S.C25H26N6O2S.C4H7N3/c1-16-5-8-18(9-6-16)35(32,33)30-14-12-21(29-24(31)34-25(2,3)4)19-10-7-17(15-22(19)30)20-11-13-27-23(26)28-20;1-17-4-7-21(8-5-17)34(32,33)31-13-11-18(2)22-9-6-19(14-24(22)31)23-10-12-26-25(29-23)28-20-15-27-30(3)16-20;1-7-3-4(5)2-6-7/h5-11,13,15,21H,12,14H2,1-4H3,(H,29,31);4-10,12,14-16,18H,11,13H2,1-3H3,(H,26,28,29);2-3H,5H2,1H3. The van der Waals surface area contributed by atoms with Crippen molar-refractivity contribution in [2.45, 2.75) is 81.7 Å². The fourth-order valence-corrected chi connectivity index (χ4v) is 11.7. The van der Waals surface area contributed by atoms with Gasteiger partial charge in [-0.25, -0.2) is 41.6 Å². The van der Waals surface area contributed by atoms with E-state index in [1.54, 1.807) is 110 Å². The van der Waals surface area contributed by atoms with Crippen LogP contribution in [0, 0.1) is 13.8 Å². The molecule has 4 aromatic heterocycles. The average molecular weight is 1090 g/mol. The van der Waals surface area contributed by atoms with Crippen molar-refractivity contribution in [2.75, 3.05) is 32.8 Å². The summed E-state index contributed by atoms with van der Waals surface area (Å²) in [7, 11) is -3.86. The molecule has 0 fully saturated rings. The second-order valence-electron chi connectivity index (χ2n) is 19.5. The van der Waals surface area contributed by atoms with Crippen molar-refractivity contribution < 1.29 is 26.4 Å². The lowest BCUT2D eigenvalue weighted by molar-refractivity contribution is 0.0501. The quantitative estimate of drug-likeness (QED) is 0.114. The van der Waals surface area contributed by atoms with E-state index >= 15 is 0 Å². The Bertz CT molecular complexity index is 3570. The van der Waals surface area contributed by atoms with E-state index < -0.39 is 37.8 Å². The van der Waals surface area contributed by atoms with Gasteiger partial charge >= 0.3 is 6.09 Å². The lowest BCUT2D eigenvalue weighted by Gasteiger charge is -2.36. The van der Waals surface area contributed by atoms with Gasteiger partial charge in [-0.2, -0.15) is 10.2 Å². The van der Waals surface area contributed by atoms with Gasteiger partial charge in [0.2, 0.25) is 11.2 Å². The van der Waals surface area contributed by atoms with Gasteiger partial charge < -0.3 is 21.1 Å². The smallest absolute Gasteiger partial charge is 0.408 e. The number of sulfonamides is 2. The molecule has 22 heteroatoms. The Morgan fingerprint density at radius 2 is 1.22 bits per heavy atom. The molecular formula is C54H60ClN13O6S2. The summed E-state index contributed by atoms with van der Waals surface area (Å²) in [6, 6.07) is 28.2. The highest BCUT2D eigenvalue weighted by Gasteiger charge is 2.36. The van der Waals surface area contributed by atoms with E-state index in [0.717, 1.165) is 34.4 Å². The topological polar surface area (TPSA) is 238 Å². The summed E-state index contributed by atoms with van der Waals surface area (Å²) in [4.78, 5) is 30.1. The van der Waals surface area contributed by atoms with Crippen LogP contribution in [-0.4, -0.2) is 81.1 Å². The second kappa shape index (κ2) is 22.5. The third-order valence-corrected chi connectivity index (χ3v) is 16.2. The number of carbonyl (C=O) groups excluding carboxylic acids is 1. The molecule has 19 nitrogen and oxygen atoms in total. The van der Waals surface area contributed by atoms with Crippen LogP contribution in [0.4, 0.5) is 33.5 Å². The van der Waals surface area contributed by atoms with Crippen LogP contribution in [0.5, 0.6) is 0 Å². The van der Waals surface area contributed by atoms with E-state index in [4.69, 9.17) is 22.1 Å². The van der Waals surface area contributed by atoms with E-state index in [9.17, 15) is 21.6 Å². The van der Waals surface area contributed by atoms with Gasteiger partial charge in [-0.1, -0.05) is 66.6 Å². The molecule has 0 saturated heterocycles. The number of aromatic nitrogens is 8. The van der Waals surface area contributed by atoms with Crippen molar-refractivity contribution in [3.8, 4) is 22.5 Å². The summed E-state index contributed by atoms with van der Waals surface area (Å²) in [5.41, 5.74) is 13.7. The minimum Gasteiger partial charge on any atom is -0.444 e. The molecule has 0 aliphatic carbocycles. The highest BCUT2D eigenvalue weighted by atomic mass is 35.5. The largest absolute Gasteiger partial charge is 0.444 e. The number of nitrogens with zero attached hydrogens (tertiary/aromatic N) is 10. The zero-order valence-electron chi connectivity index (χ0n) is 43.4. The van der Waals surface area contributed by atoms with E-state index in [-0.39, 0.29) is 22.6 Å². The number of anilines is 5. The normalized spacial score (nSPS) is 15.2. The van der Waals surface area contributed by atoms with Crippen LogP contribution in [0.3, 0.4) is 0 Å². The molecule has 0 radical (unpaired) electrons. The van der Waals surface area contributed by atoms with Crippen molar-refractivity contribution in [3.63, 3.8) is 0 Å². The Morgan fingerprint density at radius 1 is 0.697 bits per heavy atom. The first-order valence-corrected chi connectivity index (χ1v) is 27.6. The van der Waals surface area contributed by atoms with Gasteiger partial charge in [0.15, 0.2) is 0 Å². The summed E-state index contributed by atoms with van der Waals surface area (Å²) >= 11 is 5.98. The molecule has 4 N–H and O–H groups in total. The average Bonchev–Trinajstić information content (AvgIpc) is 3.98. The zero-order valence-corrected chi connectivity index (χ0v) is 45.8. The lowest BCUT2D eigenvalue weighted by atomic mass is 9.91. The first kappa shape index (κ1) is 54.4. The number of halogens is 1. The molecule has 0 saturated carbocycles. The highest BCUT2D eigenvalue weighted by Crippen LogP contribution is 2.42. The predicted octanol–water partition coefficient (Wildman–Crippen LogP) is 9.90. The number of amides is 1. The van der Waals surface area contributed by atoms with Crippen LogP contribution in [0.2, 0.25) is 5.28 Å². The number of benzene rings is 4. The molecule has 2 unspecified atom stereocenters. The van der Waals surface area contributed by atoms with Gasteiger partial charge in [-0.15, -0.1) is 0 Å². The molecule has 1 amide bonds. The minimum absolute atomic E-state index is 0.0915. The van der Waals surface area contributed by atoms with Crippen LogP contribution in [0.15, 0.2) is 144 Å². The molecular weight excluding hydrogens is 1030 g/mol. The van der Waals surface area contributed by atoms with Crippen LogP contribution in [0.1, 0.15) is 74.8 Å². The van der Waals surface area contributed by atoms with Gasteiger partial charge in [0.25, 0.3) is 20.0 Å². The maximum Gasteiger partial charge on any atom is 0.408 e. The highest BCUT2D eigenvalue weighted by molar-refractivity contribution is 7.93. The summed E-state index contributed by atoms with van der Waals surface area (Å²) in [6.45, 7) is 12.0. The Balaban J connectivity index is 0.000000178. The molecule has 8 aromatic rings. The van der Waals surface area contributed by atoms with Gasteiger partial charge in [0.1, 0.15) is 5.60 Å². The monoisotopic (exact) mass is 1090 g/mol. The number of nitrogen functional groups attached to an aromatic ring is 1. The summed E-state index contributed by atoms with van der Waals surface area (Å²) in [5.74, 6) is 0.711. The Kier molecular flexibility index (Phi) is 16.1.